The lowest BCUT2D eigenvalue weighted by molar-refractivity contribution is 0.896. The number of fused-ring (bicyclic) bond motifs is 1. The standard InChI is InChI=1S/C26H17ClN4OS/c27-20-14-10-19(11-15-20)12-16-23-28-22-9-5-4-8-21(22)25(32)31(23)26-30-29-24(33-26)17-13-18-6-2-1-3-7-18/h1-17H/b16-12+,17-13+. The van der Waals surface area contributed by atoms with Crippen molar-refractivity contribution in [3.63, 3.8) is 0 Å². The van der Waals surface area contributed by atoms with E-state index in [1.165, 1.54) is 15.9 Å². The second kappa shape index (κ2) is 9.32. The van der Waals surface area contributed by atoms with Gasteiger partial charge in [-0.25, -0.2) is 9.55 Å². The maximum absolute atomic E-state index is 13.4. The minimum atomic E-state index is -0.189. The molecule has 0 bridgehead atoms. The third kappa shape index (κ3) is 4.67. The second-order valence-corrected chi connectivity index (χ2v) is 8.60. The lowest BCUT2D eigenvalue weighted by Crippen LogP contribution is -2.22. The topological polar surface area (TPSA) is 60.7 Å². The number of hydrogen-bond acceptors (Lipinski definition) is 5. The molecule has 0 aliphatic heterocycles. The van der Waals surface area contributed by atoms with E-state index in [1.54, 1.807) is 12.1 Å². The van der Waals surface area contributed by atoms with E-state index in [0.29, 0.717) is 31.9 Å². The van der Waals surface area contributed by atoms with E-state index in [0.717, 1.165) is 11.1 Å². The monoisotopic (exact) mass is 468 g/mol. The minimum Gasteiger partial charge on any atom is -0.268 e. The number of hydrogen-bond donors (Lipinski definition) is 0. The molecule has 0 amide bonds. The Balaban J connectivity index is 1.58. The van der Waals surface area contributed by atoms with Gasteiger partial charge in [-0.05, 0) is 47.5 Å². The van der Waals surface area contributed by atoms with Gasteiger partial charge in [0.05, 0.1) is 10.9 Å². The van der Waals surface area contributed by atoms with Crippen LogP contribution < -0.4 is 5.56 Å². The summed E-state index contributed by atoms with van der Waals surface area (Å²) in [6.07, 6.45) is 7.55. The van der Waals surface area contributed by atoms with Crippen LogP contribution in [0.4, 0.5) is 0 Å². The summed E-state index contributed by atoms with van der Waals surface area (Å²) in [5.41, 5.74) is 2.44. The van der Waals surface area contributed by atoms with Gasteiger partial charge in [-0.1, -0.05) is 89.7 Å². The van der Waals surface area contributed by atoms with Crippen molar-refractivity contribution >= 4 is 58.1 Å². The quantitative estimate of drug-likeness (QED) is 0.306. The Morgan fingerprint density at radius 2 is 1.45 bits per heavy atom. The third-order valence-electron chi connectivity index (χ3n) is 4.94. The molecule has 5 nitrogen and oxygen atoms in total. The summed E-state index contributed by atoms with van der Waals surface area (Å²) < 4.78 is 1.51. The predicted octanol–water partition coefficient (Wildman–Crippen LogP) is 6.23. The second-order valence-electron chi connectivity index (χ2n) is 7.18. The molecule has 5 aromatic rings. The number of nitrogens with zero attached hydrogens (tertiary/aromatic N) is 4. The maximum Gasteiger partial charge on any atom is 0.268 e. The molecule has 0 radical (unpaired) electrons. The van der Waals surface area contributed by atoms with Crippen LogP contribution in [0, 0.1) is 0 Å². The van der Waals surface area contributed by atoms with Crippen LogP contribution in [0.1, 0.15) is 22.0 Å². The Morgan fingerprint density at radius 1 is 0.758 bits per heavy atom. The normalized spacial score (nSPS) is 11.7. The molecule has 3 aromatic carbocycles. The van der Waals surface area contributed by atoms with Crippen molar-refractivity contribution in [3.8, 4) is 5.13 Å². The van der Waals surface area contributed by atoms with Crippen LogP contribution in [-0.4, -0.2) is 19.7 Å². The van der Waals surface area contributed by atoms with Crippen LogP contribution in [0.15, 0.2) is 83.7 Å². The molecule has 0 unspecified atom stereocenters. The molecule has 160 valence electrons. The maximum atomic E-state index is 13.4. The van der Waals surface area contributed by atoms with Crippen molar-refractivity contribution < 1.29 is 0 Å². The summed E-state index contributed by atoms with van der Waals surface area (Å²) in [5.74, 6) is 0.475. The van der Waals surface area contributed by atoms with E-state index in [1.807, 2.05) is 91.0 Å². The molecule has 2 heterocycles. The molecule has 0 saturated heterocycles. The average Bonchev–Trinajstić information content (AvgIpc) is 3.31. The van der Waals surface area contributed by atoms with Crippen LogP contribution in [-0.2, 0) is 0 Å². The molecule has 0 atom stereocenters. The Labute approximate surface area is 199 Å². The zero-order chi connectivity index (χ0) is 22.6. The molecule has 33 heavy (non-hydrogen) atoms. The Bertz CT molecular complexity index is 1540. The van der Waals surface area contributed by atoms with Gasteiger partial charge in [0, 0.05) is 5.02 Å². The highest BCUT2D eigenvalue weighted by Gasteiger charge is 2.14. The average molecular weight is 469 g/mol. The molecule has 5 rings (SSSR count). The van der Waals surface area contributed by atoms with Gasteiger partial charge in [0.25, 0.3) is 5.56 Å². The van der Waals surface area contributed by atoms with Crippen molar-refractivity contribution in [2.45, 2.75) is 0 Å². The van der Waals surface area contributed by atoms with Gasteiger partial charge < -0.3 is 0 Å². The number of para-hydroxylation sites is 1. The summed E-state index contributed by atoms with van der Waals surface area (Å²) in [6, 6.07) is 24.7. The first-order chi connectivity index (χ1) is 16.2. The predicted molar refractivity (Wildman–Crippen MR) is 137 cm³/mol. The molecule has 0 aliphatic rings. The van der Waals surface area contributed by atoms with E-state index in [4.69, 9.17) is 16.6 Å². The van der Waals surface area contributed by atoms with Crippen LogP contribution in [0.25, 0.3) is 40.3 Å². The highest BCUT2D eigenvalue weighted by Crippen LogP contribution is 2.20. The van der Waals surface area contributed by atoms with Gasteiger partial charge in [-0.2, -0.15) is 0 Å². The zero-order valence-corrected chi connectivity index (χ0v) is 18.9. The molecule has 0 N–H and O–H groups in total. The molecule has 0 saturated carbocycles. The molecule has 0 fully saturated rings. The zero-order valence-electron chi connectivity index (χ0n) is 17.3. The van der Waals surface area contributed by atoms with E-state index in [-0.39, 0.29) is 5.56 Å². The van der Waals surface area contributed by atoms with Gasteiger partial charge >= 0.3 is 0 Å². The molecule has 0 aliphatic carbocycles. The summed E-state index contributed by atoms with van der Waals surface area (Å²) in [5, 5.41) is 10.9. The highest BCUT2D eigenvalue weighted by molar-refractivity contribution is 7.14. The molecule has 2 aromatic heterocycles. The van der Waals surface area contributed by atoms with Gasteiger partial charge in [-0.3, -0.25) is 4.79 Å². The Hall–Kier alpha value is -3.87. The summed E-state index contributed by atoms with van der Waals surface area (Å²) >= 11 is 7.31. The smallest absolute Gasteiger partial charge is 0.268 e. The van der Waals surface area contributed by atoms with Crippen molar-refractivity contribution in [2.75, 3.05) is 0 Å². The van der Waals surface area contributed by atoms with Crippen LogP contribution in [0.2, 0.25) is 5.02 Å². The fourth-order valence-electron chi connectivity index (χ4n) is 3.31. The molecular weight excluding hydrogens is 452 g/mol. The molecule has 0 spiro atoms. The minimum absolute atomic E-state index is 0.189. The number of halogens is 1. The van der Waals surface area contributed by atoms with Gasteiger partial charge in [0.1, 0.15) is 10.8 Å². The summed E-state index contributed by atoms with van der Waals surface area (Å²) in [6.45, 7) is 0. The van der Waals surface area contributed by atoms with Crippen molar-refractivity contribution in [3.05, 3.63) is 116 Å². The summed E-state index contributed by atoms with van der Waals surface area (Å²) in [4.78, 5) is 18.1. The number of rotatable bonds is 5. The Morgan fingerprint density at radius 3 is 2.27 bits per heavy atom. The molecular formula is C26H17ClN4OS. The molecule has 7 heteroatoms. The van der Waals surface area contributed by atoms with Crippen LogP contribution in [0.5, 0.6) is 0 Å². The lowest BCUT2D eigenvalue weighted by Gasteiger charge is -2.07. The van der Waals surface area contributed by atoms with E-state index in [2.05, 4.69) is 10.2 Å². The van der Waals surface area contributed by atoms with Gasteiger partial charge in [0.15, 0.2) is 0 Å². The van der Waals surface area contributed by atoms with E-state index < -0.39 is 0 Å². The number of benzene rings is 3. The first-order valence-electron chi connectivity index (χ1n) is 10.2. The number of aromatic nitrogens is 4. The first-order valence-corrected chi connectivity index (χ1v) is 11.4. The van der Waals surface area contributed by atoms with E-state index >= 15 is 0 Å². The van der Waals surface area contributed by atoms with E-state index in [9.17, 15) is 4.79 Å². The van der Waals surface area contributed by atoms with Crippen molar-refractivity contribution in [1.82, 2.24) is 19.7 Å². The fourth-order valence-corrected chi connectivity index (χ4v) is 4.19. The fraction of sp³-hybridized carbons (Fsp3) is 0. The van der Waals surface area contributed by atoms with Crippen molar-refractivity contribution in [1.29, 1.82) is 0 Å². The van der Waals surface area contributed by atoms with Crippen LogP contribution >= 0.6 is 22.9 Å². The largest absolute Gasteiger partial charge is 0.268 e. The Kier molecular flexibility index (Phi) is 5.93. The third-order valence-corrected chi connectivity index (χ3v) is 6.06. The SMILES string of the molecule is O=c1c2ccccc2nc(/C=C/c2ccc(Cl)cc2)n1-c1nnc(/C=C/c2ccccc2)s1. The van der Waals surface area contributed by atoms with Crippen molar-refractivity contribution in [2.24, 2.45) is 0 Å². The van der Waals surface area contributed by atoms with Gasteiger partial charge in [-0.15, -0.1) is 10.2 Å². The lowest BCUT2D eigenvalue weighted by atomic mass is 10.2. The van der Waals surface area contributed by atoms with Crippen LogP contribution in [0.3, 0.4) is 0 Å². The first kappa shape index (κ1) is 21.0. The highest BCUT2D eigenvalue weighted by atomic mass is 35.5. The van der Waals surface area contributed by atoms with Gasteiger partial charge in [0.2, 0.25) is 5.13 Å². The summed E-state index contributed by atoms with van der Waals surface area (Å²) in [7, 11) is 0.